The summed E-state index contributed by atoms with van der Waals surface area (Å²) in [5.41, 5.74) is 5.04. The largest absolute Gasteiger partial charge is 0.492 e. The van der Waals surface area contributed by atoms with Crippen LogP contribution in [0.2, 0.25) is 5.02 Å². The Morgan fingerprint density at radius 3 is 2.64 bits per heavy atom. The zero-order valence-corrected chi connectivity index (χ0v) is 19.7. The normalized spacial score (nSPS) is 11.0. The third-order valence-corrected chi connectivity index (χ3v) is 6.11. The molecule has 6 heteroatoms. The summed E-state index contributed by atoms with van der Waals surface area (Å²) < 4.78 is 8.23. The van der Waals surface area contributed by atoms with Crippen molar-refractivity contribution in [3.63, 3.8) is 0 Å². The summed E-state index contributed by atoms with van der Waals surface area (Å²) in [5.74, 6) is 1.72. The van der Waals surface area contributed by atoms with Crippen molar-refractivity contribution < 1.29 is 9.53 Å². The molecule has 0 aliphatic rings. The Kier molecular flexibility index (Phi) is 7.30. The highest BCUT2D eigenvalue weighted by atomic mass is 35.5. The summed E-state index contributed by atoms with van der Waals surface area (Å²) in [6, 6.07) is 21.4. The number of hydrogen-bond donors (Lipinski definition) is 1. The number of nitrogens with zero attached hydrogens (tertiary/aromatic N) is 2. The monoisotopic (exact) mass is 461 g/mol. The van der Waals surface area contributed by atoms with Gasteiger partial charge in [0.05, 0.1) is 28.2 Å². The molecule has 5 nitrogen and oxygen atoms in total. The highest BCUT2D eigenvalue weighted by Gasteiger charge is 2.12. The van der Waals surface area contributed by atoms with Crippen molar-refractivity contribution in [2.24, 2.45) is 0 Å². The summed E-state index contributed by atoms with van der Waals surface area (Å²) in [6.45, 7) is 5.99. The van der Waals surface area contributed by atoms with Crippen LogP contribution in [0.1, 0.15) is 33.7 Å². The molecule has 0 aliphatic carbocycles. The van der Waals surface area contributed by atoms with E-state index < -0.39 is 0 Å². The van der Waals surface area contributed by atoms with Crippen molar-refractivity contribution in [2.75, 3.05) is 13.2 Å². The highest BCUT2D eigenvalue weighted by Crippen LogP contribution is 2.19. The number of halogens is 1. The van der Waals surface area contributed by atoms with Crippen LogP contribution in [0.4, 0.5) is 0 Å². The Balaban J connectivity index is 1.38. The van der Waals surface area contributed by atoms with Crippen molar-refractivity contribution >= 4 is 28.5 Å². The highest BCUT2D eigenvalue weighted by molar-refractivity contribution is 6.33. The molecule has 0 spiro atoms. The first kappa shape index (κ1) is 22.9. The van der Waals surface area contributed by atoms with Gasteiger partial charge in [-0.05, 0) is 67.8 Å². The van der Waals surface area contributed by atoms with Crippen LogP contribution in [-0.2, 0) is 13.0 Å². The fourth-order valence-corrected chi connectivity index (χ4v) is 4.03. The number of aromatic nitrogens is 2. The topological polar surface area (TPSA) is 56.1 Å². The van der Waals surface area contributed by atoms with Gasteiger partial charge in [-0.2, -0.15) is 0 Å². The van der Waals surface area contributed by atoms with Gasteiger partial charge >= 0.3 is 0 Å². The standard InChI is InChI=1S/C27H28ClN3O2/c1-19-13-14-21(18-20(19)2)33-17-16-31-25-11-6-5-10-24(25)30-26(31)12-7-15-29-27(32)22-8-3-4-9-23(22)28/h3-6,8-11,13-14,18H,7,12,15-17H2,1-2H3,(H,29,32). The zero-order chi connectivity index (χ0) is 23.2. The van der Waals surface area contributed by atoms with Crippen molar-refractivity contribution in [1.82, 2.24) is 14.9 Å². The van der Waals surface area contributed by atoms with E-state index in [0.29, 0.717) is 30.3 Å². The Bertz CT molecular complexity index is 1270. The molecule has 3 aromatic carbocycles. The third-order valence-electron chi connectivity index (χ3n) is 5.78. The minimum absolute atomic E-state index is 0.157. The fourth-order valence-electron chi connectivity index (χ4n) is 3.81. The Hall–Kier alpha value is -3.31. The van der Waals surface area contributed by atoms with Crippen LogP contribution in [0.15, 0.2) is 66.7 Å². The number of carbonyl (C=O) groups is 1. The maximum Gasteiger partial charge on any atom is 0.252 e. The first-order valence-electron chi connectivity index (χ1n) is 11.2. The van der Waals surface area contributed by atoms with E-state index in [-0.39, 0.29) is 5.91 Å². The maximum atomic E-state index is 12.4. The molecular formula is C27H28ClN3O2. The number of carbonyl (C=O) groups excluding carboxylic acids is 1. The first-order valence-corrected chi connectivity index (χ1v) is 11.6. The van der Waals surface area contributed by atoms with Gasteiger partial charge in [-0.25, -0.2) is 4.98 Å². The number of amides is 1. The molecule has 0 atom stereocenters. The quantitative estimate of drug-likeness (QED) is 0.323. The minimum Gasteiger partial charge on any atom is -0.492 e. The molecule has 0 radical (unpaired) electrons. The molecule has 4 rings (SSSR count). The molecule has 4 aromatic rings. The second kappa shape index (κ2) is 10.5. The summed E-state index contributed by atoms with van der Waals surface area (Å²) in [6.07, 6.45) is 1.53. The van der Waals surface area contributed by atoms with Crippen LogP contribution in [0.3, 0.4) is 0 Å². The molecule has 0 fully saturated rings. The average Bonchev–Trinajstić information content (AvgIpc) is 3.16. The zero-order valence-electron chi connectivity index (χ0n) is 19.0. The number of imidazole rings is 1. The van der Waals surface area contributed by atoms with Crippen molar-refractivity contribution in [2.45, 2.75) is 33.2 Å². The molecule has 170 valence electrons. The van der Waals surface area contributed by atoms with E-state index >= 15 is 0 Å². The summed E-state index contributed by atoms with van der Waals surface area (Å²) in [5, 5.41) is 3.41. The average molecular weight is 462 g/mol. The van der Waals surface area contributed by atoms with E-state index in [1.165, 1.54) is 11.1 Å². The number of benzene rings is 3. The predicted octanol–water partition coefficient (Wildman–Crippen LogP) is 5.75. The van der Waals surface area contributed by atoms with Crippen molar-refractivity contribution in [3.05, 3.63) is 94.3 Å². The molecule has 1 amide bonds. The number of rotatable bonds is 9. The maximum absolute atomic E-state index is 12.4. The predicted molar refractivity (Wildman–Crippen MR) is 133 cm³/mol. The Morgan fingerprint density at radius 2 is 1.82 bits per heavy atom. The van der Waals surface area contributed by atoms with Gasteiger partial charge in [0, 0.05) is 13.0 Å². The van der Waals surface area contributed by atoms with Gasteiger partial charge in [0.1, 0.15) is 18.2 Å². The van der Waals surface area contributed by atoms with Crippen LogP contribution in [0.5, 0.6) is 5.75 Å². The molecule has 33 heavy (non-hydrogen) atoms. The molecule has 1 aromatic heterocycles. The van der Waals surface area contributed by atoms with E-state index in [4.69, 9.17) is 21.3 Å². The Labute approximate surface area is 199 Å². The van der Waals surface area contributed by atoms with Gasteiger partial charge in [0.25, 0.3) is 5.91 Å². The van der Waals surface area contributed by atoms with Gasteiger partial charge in [-0.15, -0.1) is 0 Å². The molecule has 0 saturated carbocycles. The molecule has 0 saturated heterocycles. The number of ether oxygens (including phenoxy) is 1. The Morgan fingerprint density at radius 1 is 1.03 bits per heavy atom. The molecule has 1 N–H and O–H groups in total. The SMILES string of the molecule is Cc1ccc(OCCn2c(CCCNC(=O)c3ccccc3Cl)nc3ccccc32)cc1C. The molecule has 0 bridgehead atoms. The van der Waals surface area contributed by atoms with Crippen LogP contribution in [-0.4, -0.2) is 28.6 Å². The second-order valence-corrected chi connectivity index (χ2v) is 8.51. The summed E-state index contributed by atoms with van der Waals surface area (Å²) in [4.78, 5) is 17.2. The number of hydrogen-bond acceptors (Lipinski definition) is 3. The van der Waals surface area contributed by atoms with E-state index in [2.05, 4.69) is 41.9 Å². The minimum atomic E-state index is -0.157. The molecular weight excluding hydrogens is 434 g/mol. The number of para-hydroxylation sites is 2. The van der Waals surface area contributed by atoms with Gasteiger partial charge in [-0.1, -0.05) is 41.9 Å². The van der Waals surface area contributed by atoms with Crippen molar-refractivity contribution in [3.8, 4) is 5.75 Å². The molecule has 0 unspecified atom stereocenters. The van der Waals surface area contributed by atoms with Gasteiger partial charge in [0.2, 0.25) is 0 Å². The lowest BCUT2D eigenvalue weighted by Gasteiger charge is -2.12. The van der Waals surface area contributed by atoms with Crippen LogP contribution >= 0.6 is 11.6 Å². The molecule has 0 aliphatic heterocycles. The van der Waals surface area contributed by atoms with E-state index in [1.54, 1.807) is 12.1 Å². The van der Waals surface area contributed by atoms with Gasteiger partial charge in [0.15, 0.2) is 0 Å². The lowest BCUT2D eigenvalue weighted by molar-refractivity contribution is 0.0953. The van der Waals surface area contributed by atoms with Gasteiger partial charge < -0.3 is 14.6 Å². The van der Waals surface area contributed by atoms with Gasteiger partial charge in [-0.3, -0.25) is 4.79 Å². The summed E-state index contributed by atoms with van der Waals surface area (Å²) >= 11 is 6.12. The van der Waals surface area contributed by atoms with E-state index in [9.17, 15) is 4.79 Å². The van der Waals surface area contributed by atoms with Crippen LogP contribution in [0.25, 0.3) is 11.0 Å². The second-order valence-electron chi connectivity index (χ2n) is 8.10. The van der Waals surface area contributed by atoms with Crippen LogP contribution < -0.4 is 10.1 Å². The smallest absolute Gasteiger partial charge is 0.252 e. The lowest BCUT2D eigenvalue weighted by Crippen LogP contribution is -2.25. The summed E-state index contributed by atoms with van der Waals surface area (Å²) in [7, 11) is 0. The van der Waals surface area contributed by atoms with E-state index in [1.807, 2.05) is 36.4 Å². The lowest BCUT2D eigenvalue weighted by atomic mass is 10.1. The third kappa shape index (κ3) is 5.55. The first-order chi connectivity index (χ1) is 16.0. The number of nitrogens with one attached hydrogen (secondary N) is 1. The van der Waals surface area contributed by atoms with Crippen molar-refractivity contribution in [1.29, 1.82) is 0 Å². The fraction of sp³-hybridized carbons (Fsp3) is 0.259. The number of aryl methyl sites for hydroxylation is 3. The number of fused-ring (bicyclic) bond motifs is 1. The van der Waals surface area contributed by atoms with Crippen LogP contribution in [0, 0.1) is 13.8 Å². The molecule has 1 heterocycles. The van der Waals surface area contributed by atoms with E-state index in [0.717, 1.165) is 35.4 Å².